The van der Waals surface area contributed by atoms with Crippen molar-refractivity contribution < 1.29 is 4.74 Å². The molecule has 0 saturated heterocycles. The second-order valence-corrected chi connectivity index (χ2v) is 0.867. The van der Waals surface area contributed by atoms with E-state index in [9.17, 15) is 0 Å². The van der Waals surface area contributed by atoms with Gasteiger partial charge in [0.25, 0.3) is 0 Å². The van der Waals surface area contributed by atoms with Gasteiger partial charge in [-0.25, -0.2) is 0 Å². The van der Waals surface area contributed by atoms with Gasteiger partial charge in [-0.2, -0.15) is 0 Å². The Morgan fingerprint density at radius 3 is 2.43 bits per heavy atom. The average molecular weight is 96.1 g/mol. The zero-order valence-corrected chi connectivity index (χ0v) is 4.13. The minimum absolute atomic E-state index is 1.35. The summed E-state index contributed by atoms with van der Waals surface area (Å²) in [6, 6.07) is 0. The second-order valence-electron chi connectivity index (χ2n) is 0.867. The molecule has 0 rings (SSSR count). The molecule has 0 aliphatic rings. The van der Waals surface area contributed by atoms with Gasteiger partial charge in [-0.3, -0.25) is 0 Å². The van der Waals surface area contributed by atoms with Crippen molar-refractivity contribution in [3.63, 3.8) is 0 Å². The summed E-state index contributed by atoms with van der Waals surface area (Å²) >= 11 is 0. The van der Waals surface area contributed by atoms with Gasteiger partial charge in [-0.1, -0.05) is 19.2 Å². The standard InChI is InChI=1S/C6H8O/c1-3-5-6-7-4-2/h3-6H,1-2H2/b6-5-. The van der Waals surface area contributed by atoms with E-state index in [2.05, 4.69) is 17.9 Å². The first-order valence-electron chi connectivity index (χ1n) is 1.95. The van der Waals surface area contributed by atoms with Gasteiger partial charge < -0.3 is 4.74 Å². The van der Waals surface area contributed by atoms with E-state index in [4.69, 9.17) is 0 Å². The van der Waals surface area contributed by atoms with Crippen molar-refractivity contribution in [1.29, 1.82) is 0 Å². The molecule has 1 nitrogen and oxygen atoms in total. The maximum atomic E-state index is 4.59. The normalized spacial score (nSPS) is 8.57. The molecule has 0 atom stereocenters. The highest BCUT2D eigenvalue weighted by atomic mass is 16.5. The van der Waals surface area contributed by atoms with E-state index in [1.807, 2.05) is 0 Å². The van der Waals surface area contributed by atoms with Gasteiger partial charge >= 0.3 is 0 Å². The Kier molecular flexibility index (Phi) is 4.32. The molecule has 1 heteroatoms. The lowest BCUT2D eigenvalue weighted by Crippen LogP contribution is -1.57. The molecule has 38 valence electrons. The summed E-state index contributed by atoms with van der Waals surface area (Å²) < 4.78 is 4.59. The maximum Gasteiger partial charge on any atom is 0.0900 e. The molecule has 0 amide bonds. The zero-order chi connectivity index (χ0) is 5.54. The van der Waals surface area contributed by atoms with Crippen LogP contribution in [0.1, 0.15) is 0 Å². The van der Waals surface area contributed by atoms with Crippen LogP contribution in [0.3, 0.4) is 0 Å². The van der Waals surface area contributed by atoms with Crippen molar-refractivity contribution in [3.8, 4) is 0 Å². The maximum absolute atomic E-state index is 4.59. The van der Waals surface area contributed by atoms with Crippen LogP contribution >= 0.6 is 0 Å². The quantitative estimate of drug-likeness (QED) is 0.385. The number of ether oxygens (including phenoxy) is 1. The van der Waals surface area contributed by atoms with E-state index in [0.717, 1.165) is 0 Å². The number of allylic oxidation sites excluding steroid dienone is 2. The summed E-state index contributed by atoms with van der Waals surface area (Å²) in [6.07, 6.45) is 6.16. The molecule has 0 N–H and O–H groups in total. The van der Waals surface area contributed by atoms with E-state index < -0.39 is 0 Å². The zero-order valence-electron chi connectivity index (χ0n) is 4.13. The van der Waals surface area contributed by atoms with E-state index in [1.165, 1.54) is 12.5 Å². The van der Waals surface area contributed by atoms with Crippen LogP contribution in [-0.2, 0) is 4.74 Å². The summed E-state index contributed by atoms with van der Waals surface area (Å²) in [5.74, 6) is 0. The largest absolute Gasteiger partial charge is 0.473 e. The molecule has 0 aromatic rings. The second kappa shape index (κ2) is 5.02. The minimum atomic E-state index is 1.35. The summed E-state index contributed by atoms with van der Waals surface area (Å²) in [5.41, 5.74) is 0. The third-order valence-corrected chi connectivity index (χ3v) is 0.389. The van der Waals surface area contributed by atoms with Crippen molar-refractivity contribution in [1.82, 2.24) is 0 Å². The fourth-order valence-corrected chi connectivity index (χ4v) is 0.156. The third kappa shape index (κ3) is 5.02. The van der Waals surface area contributed by atoms with Gasteiger partial charge in [0.1, 0.15) is 0 Å². The Hall–Kier alpha value is -0.980. The lowest BCUT2D eigenvalue weighted by Gasteiger charge is -1.80. The Labute approximate surface area is 43.6 Å². The molecule has 0 unspecified atom stereocenters. The highest BCUT2D eigenvalue weighted by molar-refractivity contribution is 4.93. The van der Waals surface area contributed by atoms with Crippen molar-refractivity contribution in [2.45, 2.75) is 0 Å². The van der Waals surface area contributed by atoms with E-state index in [-0.39, 0.29) is 0 Å². The third-order valence-electron chi connectivity index (χ3n) is 0.389. The summed E-state index contributed by atoms with van der Waals surface area (Å²) in [4.78, 5) is 0. The Morgan fingerprint density at radius 1 is 1.29 bits per heavy atom. The Balaban J connectivity index is 3.08. The molecule has 0 saturated carbocycles. The molecule has 0 heterocycles. The van der Waals surface area contributed by atoms with Crippen molar-refractivity contribution in [3.05, 3.63) is 37.8 Å². The predicted octanol–water partition coefficient (Wildman–Crippen LogP) is 1.85. The molecular weight excluding hydrogens is 88.1 g/mol. The first-order chi connectivity index (χ1) is 3.41. The lowest BCUT2D eigenvalue weighted by atomic mass is 10.6. The first kappa shape index (κ1) is 6.02. The minimum Gasteiger partial charge on any atom is -0.473 e. The fraction of sp³-hybridized carbons (Fsp3) is 0. The summed E-state index contributed by atoms with van der Waals surface area (Å²) in [7, 11) is 0. The van der Waals surface area contributed by atoms with Crippen LogP contribution < -0.4 is 0 Å². The highest BCUT2D eigenvalue weighted by Gasteiger charge is 1.56. The number of rotatable bonds is 3. The van der Waals surface area contributed by atoms with Gasteiger partial charge in [0, 0.05) is 0 Å². The molecule has 0 bridgehead atoms. The molecule has 0 aliphatic carbocycles. The Bertz CT molecular complexity index is 82.2. The van der Waals surface area contributed by atoms with Crippen LogP contribution in [-0.4, -0.2) is 0 Å². The van der Waals surface area contributed by atoms with E-state index in [1.54, 1.807) is 12.2 Å². The van der Waals surface area contributed by atoms with Crippen molar-refractivity contribution >= 4 is 0 Å². The molecule has 7 heavy (non-hydrogen) atoms. The molecule has 0 radical (unpaired) electrons. The van der Waals surface area contributed by atoms with Crippen LogP contribution in [0.15, 0.2) is 37.8 Å². The molecule has 0 aliphatic heterocycles. The van der Waals surface area contributed by atoms with Crippen LogP contribution in [0.5, 0.6) is 0 Å². The van der Waals surface area contributed by atoms with Gasteiger partial charge in [0.15, 0.2) is 0 Å². The number of hydrogen-bond acceptors (Lipinski definition) is 1. The predicted molar refractivity (Wildman–Crippen MR) is 30.6 cm³/mol. The molecule has 0 spiro atoms. The van der Waals surface area contributed by atoms with Crippen LogP contribution in [0.25, 0.3) is 0 Å². The van der Waals surface area contributed by atoms with Gasteiger partial charge in [0.05, 0.1) is 12.5 Å². The highest BCUT2D eigenvalue weighted by Crippen LogP contribution is 1.75. The van der Waals surface area contributed by atoms with E-state index in [0.29, 0.717) is 0 Å². The lowest BCUT2D eigenvalue weighted by molar-refractivity contribution is 0.405. The smallest absolute Gasteiger partial charge is 0.0900 e. The topological polar surface area (TPSA) is 9.23 Å². The van der Waals surface area contributed by atoms with Crippen LogP contribution in [0, 0.1) is 0 Å². The van der Waals surface area contributed by atoms with E-state index >= 15 is 0 Å². The Morgan fingerprint density at radius 2 is 2.00 bits per heavy atom. The molecule has 0 aromatic heterocycles. The molecular formula is C6H8O. The van der Waals surface area contributed by atoms with Crippen molar-refractivity contribution in [2.24, 2.45) is 0 Å². The average Bonchev–Trinajstić information content (AvgIpc) is 1.69. The van der Waals surface area contributed by atoms with Crippen molar-refractivity contribution in [2.75, 3.05) is 0 Å². The van der Waals surface area contributed by atoms with Gasteiger partial charge in [0.2, 0.25) is 0 Å². The first-order valence-corrected chi connectivity index (χ1v) is 1.95. The fourth-order valence-electron chi connectivity index (χ4n) is 0.156. The summed E-state index contributed by atoms with van der Waals surface area (Å²) in [6.45, 7) is 6.76. The monoisotopic (exact) mass is 96.1 g/mol. The number of hydrogen-bond donors (Lipinski definition) is 0. The van der Waals surface area contributed by atoms with Gasteiger partial charge in [-0.15, -0.1) is 0 Å². The molecule has 0 fully saturated rings. The van der Waals surface area contributed by atoms with Crippen LogP contribution in [0.4, 0.5) is 0 Å². The SMILES string of the molecule is C=C/C=C\OC=C. The summed E-state index contributed by atoms with van der Waals surface area (Å²) in [5, 5.41) is 0. The van der Waals surface area contributed by atoms with Crippen LogP contribution in [0.2, 0.25) is 0 Å². The van der Waals surface area contributed by atoms with Gasteiger partial charge in [-0.05, 0) is 6.08 Å². The molecule has 0 aromatic carbocycles.